The number of nitrogens with one attached hydrogen (secondary N) is 1. The van der Waals surface area contributed by atoms with Gasteiger partial charge in [0.15, 0.2) is 0 Å². The number of nitrogens with zero attached hydrogens (tertiary/aromatic N) is 3. The van der Waals surface area contributed by atoms with Gasteiger partial charge in [-0.15, -0.1) is 10.2 Å². The van der Waals surface area contributed by atoms with Crippen molar-refractivity contribution < 1.29 is 4.74 Å². The molecular weight excluding hydrogens is 248 g/mol. The van der Waals surface area contributed by atoms with E-state index in [1.165, 1.54) is 12.8 Å². The summed E-state index contributed by atoms with van der Waals surface area (Å²) in [7, 11) is 1.87. The Morgan fingerprint density at radius 3 is 3.11 bits per heavy atom. The summed E-state index contributed by atoms with van der Waals surface area (Å²) in [6.07, 6.45) is 3.90. The van der Waals surface area contributed by atoms with Crippen LogP contribution in [0.3, 0.4) is 0 Å². The van der Waals surface area contributed by atoms with Crippen LogP contribution in [0.1, 0.15) is 31.2 Å². The summed E-state index contributed by atoms with van der Waals surface area (Å²) in [6.45, 7) is 6.09. The standard InChI is InChI=1S/C12H22N4OS/c1-3-7-17-10-5-4-6-16(8-10)9-11-14-15-12(13-2)18-11/h10H,3-9H2,1-2H3,(H,13,15). The second kappa shape index (κ2) is 7.01. The molecule has 1 saturated heterocycles. The van der Waals surface area contributed by atoms with Crippen LogP contribution in [-0.4, -0.2) is 47.9 Å². The van der Waals surface area contributed by atoms with Gasteiger partial charge < -0.3 is 10.1 Å². The lowest BCUT2D eigenvalue weighted by atomic mass is 10.1. The molecule has 102 valence electrons. The van der Waals surface area contributed by atoms with Gasteiger partial charge in [0.2, 0.25) is 5.13 Å². The van der Waals surface area contributed by atoms with E-state index >= 15 is 0 Å². The molecule has 1 N–H and O–H groups in total. The number of piperidine rings is 1. The molecule has 1 aliphatic rings. The number of ether oxygens (including phenoxy) is 1. The Hall–Kier alpha value is -0.720. The molecule has 0 amide bonds. The SMILES string of the molecule is CCCOC1CCCN(Cc2nnc(NC)s2)C1. The Morgan fingerprint density at radius 2 is 2.39 bits per heavy atom. The molecular formula is C12H22N4OS. The van der Waals surface area contributed by atoms with E-state index < -0.39 is 0 Å². The lowest BCUT2D eigenvalue weighted by molar-refractivity contribution is -0.00228. The van der Waals surface area contributed by atoms with Crippen molar-refractivity contribution >= 4 is 16.5 Å². The van der Waals surface area contributed by atoms with Crippen LogP contribution in [0.15, 0.2) is 0 Å². The normalized spacial score (nSPS) is 21.1. The van der Waals surface area contributed by atoms with Crippen LogP contribution in [0.5, 0.6) is 0 Å². The van der Waals surface area contributed by atoms with Crippen molar-refractivity contribution in [1.29, 1.82) is 0 Å². The van der Waals surface area contributed by atoms with Crippen molar-refractivity contribution in [3.8, 4) is 0 Å². The molecule has 1 fully saturated rings. The molecule has 0 spiro atoms. The fraction of sp³-hybridized carbons (Fsp3) is 0.833. The molecule has 0 aliphatic carbocycles. The Labute approximate surface area is 113 Å². The average molecular weight is 270 g/mol. The summed E-state index contributed by atoms with van der Waals surface area (Å²) in [5.74, 6) is 0. The summed E-state index contributed by atoms with van der Waals surface area (Å²) in [5, 5.41) is 13.3. The van der Waals surface area contributed by atoms with Crippen LogP contribution in [0, 0.1) is 0 Å². The Balaban J connectivity index is 1.81. The second-order valence-corrected chi connectivity index (χ2v) is 5.68. The largest absolute Gasteiger partial charge is 0.377 e. The molecule has 0 bridgehead atoms. The zero-order chi connectivity index (χ0) is 12.8. The highest BCUT2D eigenvalue weighted by Gasteiger charge is 2.21. The van der Waals surface area contributed by atoms with Crippen LogP contribution in [-0.2, 0) is 11.3 Å². The van der Waals surface area contributed by atoms with Crippen LogP contribution in [0.4, 0.5) is 5.13 Å². The van der Waals surface area contributed by atoms with Crippen LogP contribution in [0.25, 0.3) is 0 Å². The topological polar surface area (TPSA) is 50.3 Å². The van der Waals surface area contributed by atoms with E-state index in [4.69, 9.17) is 4.74 Å². The van der Waals surface area contributed by atoms with Gasteiger partial charge in [0.1, 0.15) is 5.01 Å². The monoisotopic (exact) mass is 270 g/mol. The number of aromatic nitrogens is 2. The van der Waals surface area contributed by atoms with E-state index in [0.717, 1.165) is 42.8 Å². The first-order valence-electron chi connectivity index (χ1n) is 6.66. The van der Waals surface area contributed by atoms with E-state index in [2.05, 4.69) is 27.3 Å². The minimum Gasteiger partial charge on any atom is -0.377 e. The minimum atomic E-state index is 0.399. The van der Waals surface area contributed by atoms with Gasteiger partial charge >= 0.3 is 0 Å². The smallest absolute Gasteiger partial charge is 0.205 e. The lowest BCUT2D eigenvalue weighted by Gasteiger charge is -2.31. The molecule has 0 radical (unpaired) electrons. The van der Waals surface area contributed by atoms with E-state index in [1.807, 2.05) is 7.05 Å². The third-order valence-corrected chi connectivity index (χ3v) is 3.99. The number of rotatable bonds is 6. The van der Waals surface area contributed by atoms with Gasteiger partial charge in [-0.3, -0.25) is 4.90 Å². The molecule has 1 aromatic heterocycles. The van der Waals surface area contributed by atoms with Crippen molar-refractivity contribution in [3.05, 3.63) is 5.01 Å². The fourth-order valence-corrected chi connectivity index (χ4v) is 2.92. The minimum absolute atomic E-state index is 0.399. The highest BCUT2D eigenvalue weighted by molar-refractivity contribution is 7.15. The third kappa shape index (κ3) is 3.90. The van der Waals surface area contributed by atoms with Gasteiger partial charge in [-0.2, -0.15) is 0 Å². The van der Waals surface area contributed by atoms with E-state index in [0.29, 0.717) is 6.10 Å². The molecule has 1 atom stereocenters. The zero-order valence-electron chi connectivity index (χ0n) is 11.2. The molecule has 2 rings (SSSR count). The molecule has 1 aliphatic heterocycles. The second-order valence-electron chi connectivity index (χ2n) is 4.62. The van der Waals surface area contributed by atoms with Crippen molar-refractivity contribution in [2.45, 2.75) is 38.8 Å². The van der Waals surface area contributed by atoms with Gasteiger partial charge in [0, 0.05) is 20.2 Å². The first kappa shape index (κ1) is 13.7. The van der Waals surface area contributed by atoms with Crippen molar-refractivity contribution in [3.63, 3.8) is 0 Å². The Bertz CT molecular complexity index is 358. The molecule has 1 unspecified atom stereocenters. The van der Waals surface area contributed by atoms with Crippen LogP contribution in [0.2, 0.25) is 0 Å². The number of hydrogen-bond donors (Lipinski definition) is 1. The average Bonchev–Trinajstić information content (AvgIpc) is 2.84. The Kier molecular flexibility index (Phi) is 5.34. The highest BCUT2D eigenvalue weighted by atomic mass is 32.1. The third-order valence-electron chi connectivity index (χ3n) is 3.06. The Morgan fingerprint density at radius 1 is 1.50 bits per heavy atom. The van der Waals surface area contributed by atoms with E-state index in [1.54, 1.807) is 11.3 Å². The fourth-order valence-electron chi connectivity index (χ4n) is 2.19. The van der Waals surface area contributed by atoms with Gasteiger partial charge in [-0.05, 0) is 25.8 Å². The van der Waals surface area contributed by atoms with Crippen molar-refractivity contribution in [1.82, 2.24) is 15.1 Å². The number of hydrogen-bond acceptors (Lipinski definition) is 6. The van der Waals surface area contributed by atoms with Gasteiger partial charge in [0.05, 0.1) is 12.6 Å². The molecule has 2 heterocycles. The van der Waals surface area contributed by atoms with Crippen molar-refractivity contribution in [2.75, 3.05) is 32.1 Å². The van der Waals surface area contributed by atoms with Crippen LogP contribution < -0.4 is 5.32 Å². The van der Waals surface area contributed by atoms with Gasteiger partial charge in [-0.25, -0.2) is 0 Å². The first-order chi connectivity index (χ1) is 8.81. The van der Waals surface area contributed by atoms with Gasteiger partial charge in [0.25, 0.3) is 0 Å². The summed E-state index contributed by atoms with van der Waals surface area (Å²) < 4.78 is 5.84. The first-order valence-corrected chi connectivity index (χ1v) is 7.47. The van der Waals surface area contributed by atoms with E-state index in [9.17, 15) is 0 Å². The number of anilines is 1. The summed E-state index contributed by atoms with van der Waals surface area (Å²) in [6, 6.07) is 0. The quantitative estimate of drug-likeness (QED) is 0.856. The number of likely N-dealkylation sites (tertiary alicyclic amines) is 1. The molecule has 5 nitrogen and oxygen atoms in total. The van der Waals surface area contributed by atoms with Crippen LogP contribution >= 0.6 is 11.3 Å². The maximum Gasteiger partial charge on any atom is 0.205 e. The maximum atomic E-state index is 5.84. The molecule has 0 aromatic carbocycles. The summed E-state index contributed by atoms with van der Waals surface area (Å²) >= 11 is 1.63. The van der Waals surface area contributed by atoms with E-state index in [-0.39, 0.29) is 0 Å². The predicted octanol–water partition coefficient (Wildman–Crippen LogP) is 1.97. The maximum absolute atomic E-state index is 5.84. The zero-order valence-corrected chi connectivity index (χ0v) is 12.0. The van der Waals surface area contributed by atoms with Crippen molar-refractivity contribution in [2.24, 2.45) is 0 Å². The lowest BCUT2D eigenvalue weighted by Crippen LogP contribution is -2.39. The van der Waals surface area contributed by atoms with Gasteiger partial charge in [-0.1, -0.05) is 18.3 Å². The molecule has 6 heteroatoms. The summed E-state index contributed by atoms with van der Waals surface area (Å²) in [4.78, 5) is 2.42. The predicted molar refractivity (Wildman–Crippen MR) is 74.0 cm³/mol. The summed E-state index contributed by atoms with van der Waals surface area (Å²) in [5.41, 5.74) is 0. The molecule has 18 heavy (non-hydrogen) atoms. The molecule has 0 saturated carbocycles. The highest BCUT2D eigenvalue weighted by Crippen LogP contribution is 2.19. The molecule has 1 aromatic rings.